The molecule has 0 atom stereocenters. The molecule has 0 bridgehead atoms. The van der Waals surface area contributed by atoms with Crippen molar-refractivity contribution in [2.24, 2.45) is 0 Å². The van der Waals surface area contributed by atoms with Crippen LogP contribution in [0.3, 0.4) is 0 Å². The molecule has 0 radical (unpaired) electrons. The summed E-state index contributed by atoms with van der Waals surface area (Å²) in [5.74, 6) is 0. The summed E-state index contributed by atoms with van der Waals surface area (Å²) in [6.45, 7) is -2.61. The quantitative estimate of drug-likeness (QED) is 0.772. The molecule has 2 rings (SSSR count). The van der Waals surface area contributed by atoms with Gasteiger partial charge in [0.15, 0.2) is 0 Å². The minimum Gasteiger partial charge on any atom is -0.399 e. The minimum absolute atomic E-state index is 0.595. The van der Waals surface area contributed by atoms with Crippen LogP contribution in [0.15, 0.2) is 36.7 Å². The van der Waals surface area contributed by atoms with Crippen molar-refractivity contribution in [3.05, 3.63) is 36.7 Å². The van der Waals surface area contributed by atoms with Crippen LogP contribution >= 0.6 is 0 Å². The van der Waals surface area contributed by atoms with Gasteiger partial charge in [0.2, 0.25) is 0 Å². The third kappa shape index (κ3) is 1.96. The standard InChI is InChI=1S/C10H9F2N3/c11-10(12)15-6-8(5-14-15)7-2-1-3-9(13)4-7/h1-6,10H,13H2. The molecule has 0 unspecified atom stereocenters. The normalized spacial score (nSPS) is 10.9. The van der Waals surface area contributed by atoms with Crippen molar-refractivity contribution in [2.45, 2.75) is 6.55 Å². The van der Waals surface area contributed by atoms with Gasteiger partial charge in [0.05, 0.1) is 6.20 Å². The highest BCUT2D eigenvalue weighted by molar-refractivity contribution is 5.65. The molecule has 0 saturated carbocycles. The molecule has 1 heterocycles. The zero-order chi connectivity index (χ0) is 10.8. The highest BCUT2D eigenvalue weighted by atomic mass is 19.3. The second kappa shape index (κ2) is 3.68. The minimum atomic E-state index is -2.61. The molecular formula is C10H9F2N3. The van der Waals surface area contributed by atoms with E-state index in [9.17, 15) is 8.78 Å². The van der Waals surface area contributed by atoms with E-state index in [0.717, 1.165) is 5.56 Å². The molecule has 0 aliphatic carbocycles. The first-order chi connectivity index (χ1) is 7.16. The van der Waals surface area contributed by atoms with Gasteiger partial charge in [-0.25, -0.2) is 4.68 Å². The van der Waals surface area contributed by atoms with E-state index in [1.54, 1.807) is 24.3 Å². The molecule has 1 aromatic carbocycles. The lowest BCUT2D eigenvalue weighted by atomic mass is 10.1. The lowest BCUT2D eigenvalue weighted by molar-refractivity contribution is 0.0566. The Morgan fingerprint density at radius 3 is 2.67 bits per heavy atom. The monoisotopic (exact) mass is 209 g/mol. The Balaban J connectivity index is 2.37. The maximum absolute atomic E-state index is 12.3. The van der Waals surface area contributed by atoms with Crippen LogP contribution in [0.2, 0.25) is 0 Å². The van der Waals surface area contributed by atoms with Gasteiger partial charge in [-0.15, -0.1) is 0 Å². The third-order valence-electron chi connectivity index (χ3n) is 2.02. The van der Waals surface area contributed by atoms with Crippen LogP contribution in [0.1, 0.15) is 6.55 Å². The molecule has 15 heavy (non-hydrogen) atoms. The van der Waals surface area contributed by atoms with Crippen LogP contribution in [-0.2, 0) is 0 Å². The van der Waals surface area contributed by atoms with E-state index in [2.05, 4.69) is 5.10 Å². The molecule has 3 nitrogen and oxygen atoms in total. The zero-order valence-electron chi connectivity index (χ0n) is 7.77. The van der Waals surface area contributed by atoms with Gasteiger partial charge < -0.3 is 5.73 Å². The Morgan fingerprint density at radius 1 is 1.27 bits per heavy atom. The van der Waals surface area contributed by atoms with E-state index in [1.807, 2.05) is 0 Å². The molecule has 2 N–H and O–H groups in total. The van der Waals surface area contributed by atoms with Crippen molar-refractivity contribution < 1.29 is 8.78 Å². The van der Waals surface area contributed by atoms with Gasteiger partial charge in [0.1, 0.15) is 0 Å². The van der Waals surface area contributed by atoms with Crippen LogP contribution in [-0.4, -0.2) is 9.78 Å². The zero-order valence-corrected chi connectivity index (χ0v) is 7.77. The lowest BCUT2D eigenvalue weighted by Gasteiger charge is -1.98. The molecule has 78 valence electrons. The fourth-order valence-electron chi connectivity index (χ4n) is 1.31. The van der Waals surface area contributed by atoms with Crippen molar-refractivity contribution in [1.82, 2.24) is 9.78 Å². The number of halogens is 2. The molecule has 0 aliphatic rings. The summed E-state index contributed by atoms with van der Waals surface area (Å²) < 4.78 is 25.1. The maximum atomic E-state index is 12.3. The van der Waals surface area contributed by atoms with E-state index < -0.39 is 6.55 Å². The van der Waals surface area contributed by atoms with E-state index >= 15 is 0 Å². The molecule has 0 saturated heterocycles. The molecule has 2 aromatic rings. The smallest absolute Gasteiger partial charge is 0.333 e. The van der Waals surface area contributed by atoms with E-state index in [1.165, 1.54) is 12.4 Å². The fraction of sp³-hybridized carbons (Fsp3) is 0.100. The summed E-state index contributed by atoms with van der Waals surface area (Å²) in [5.41, 5.74) is 7.59. The number of nitrogens with zero attached hydrogens (tertiary/aromatic N) is 2. The van der Waals surface area contributed by atoms with Crippen molar-refractivity contribution in [2.75, 3.05) is 5.73 Å². The Hall–Kier alpha value is -1.91. The number of alkyl halides is 2. The largest absolute Gasteiger partial charge is 0.399 e. The van der Waals surface area contributed by atoms with Crippen LogP contribution in [0.5, 0.6) is 0 Å². The van der Waals surface area contributed by atoms with Gasteiger partial charge in [0, 0.05) is 17.4 Å². The first kappa shape index (κ1) is 9.64. The summed E-state index contributed by atoms with van der Waals surface area (Å²) in [5, 5.41) is 3.55. The van der Waals surface area contributed by atoms with E-state index in [0.29, 0.717) is 15.9 Å². The average molecular weight is 209 g/mol. The SMILES string of the molecule is Nc1cccc(-c2cnn(C(F)F)c2)c1. The second-order valence-corrected chi connectivity index (χ2v) is 3.11. The van der Waals surface area contributed by atoms with Crippen LogP contribution in [0, 0.1) is 0 Å². The molecule has 5 heteroatoms. The van der Waals surface area contributed by atoms with Crippen LogP contribution in [0.25, 0.3) is 11.1 Å². The number of hydrogen-bond donors (Lipinski definition) is 1. The Labute approximate surface area is 85.1 Å². The Kier molecular flexibility index (Phi) is 2.37. The van der Waals surface area contributed by atoms with Crippen molar-refractivity contribution in [1.29, 1.82) is 0 Å². The van der Waals surface area contributed by atoms with Crippen molar-refractivity contribution in [3.8, 4) is 11.1 Å². The molecule has 0 amide bonds. The highest BCUT2D eigenvalue weighted by Gasteiger charge is 2.08. The highest BCUT2D eigenvalue weighted by Crippen LogP contribution is 2.22. The first-order valence-corrected chi connectivity index (χ1v) is 4.35. The molecule has 0 fully saturated rings. The Bertz CT molecular complexity index is 465. The molecule has 0 spiro atoms. The number of rotatable bonds is 2. The summed E-state index contributed by atoms with van der Waals surface area (Å²) in [4.78, 5) is 0. The molecular weight excluding hydrogens is 200 g/mol. The second-order valence-electron chi connectivity index (χ2n) is 3.11. The van der Waals surface area contributed by atoms with Crippen molar-refractivity contribution >= 4 is 5.69 Å². The number of nitrogens with two attached hydrogens (primary N) is 1. The summed E-state index contributed by atoms with van der Waals surface area (Å²) >= 11 is 0. The van der Waals surface area contributed by atoms with Gasteiger partial charge in [-0.2, -0.15) is 13.9 Å². The van der Waals surface area contributed by atoms with Crippen molar-refractivity contribution in [3.63, 3.8) is 0 Å². The molecule has 1 aromatic heterocycles. The Morgan fingerprint density at radius 2 is 2.07 bits per heavy atom. The van der Waals surface area contributed by atoms with Gasteiger partial charge in [-0.05, 0) is 17.7 Å². The summed E-state index contributed by atoms with van der Waals surface area (Å²) in [6, 6.07) is 7.02. The van der Waals surface area contributed by atoms with E-state index in [4.69, 9.17) is 5.73 Å². The predicted octanol–water partition coefficient (Wildman–Crippen LogP) is 2.53. The van der Waals surface area contributed by atoms with Crippen LogP contribution in [0.4, 0.5) is 14.5 Å². The van der Waals surface area contributed by atoms with Crippen LogP contribution < -0.4 is 5.73 Å². The number of nitrogen functional groups attached to an aromatic ring is 1. The van der Waals surface area contributed by atoms with Gasteiger partial charge in [-0.1, -0.05) is 12.1 Å². The van der Waals surface area contributed by atoms with Gasteiger partial charge in [0.25, 0.3) is 0 Å². The molecule has 0 aliphatic heterocycles. The number of anilines is 1. The number of hydrogen-bond acceptors (Lipinski definition) is 2. The number of benzene rings is 1. The third-order valence-corrected chi connectivity index (χ3v) is 2.02. The average Bonchev–Trinajstić information content (AvgIpc) is 2.66. The topological polar surface area (TPSA) is 43.8 Å². The predicted molar refractivity (Wildman–Crippen MR) is 53.3 cm³/mol. The maximum Gasteiger partial charge on any atom is 0.333 e. The summed E-state index contributed by atoms with van der Waals surface area (Å²) in [7, 11) is 0. The first-order valence-electron chi connectivity index (χ1n) is 4.35. The van der Waals surface area contributed by atoms with Gasteiger partial charge in [-0.3, -0.25) is 0 Å². The van der Waals surface area contributed by atoms with E-state index in [-0.39, 0.29) is 0 Å². The number of aromatic nitrogens is 2. The fourth-order valence-corrected chi connectivity index (χ4v) is 1.31. The summed E-state index contributed by atoms with van der Waals surface area (Å²) in [6.07, 6.45) is 2.68. The van der Waals surface area contributed by atoms with Gasteiger partial charge >= 0.3 is 6.55 Å². The lowest BCUT2D eigenvalue weighted by Crippen LogP contribution is -1.96.